The zero-order valence-corrected chi connectivity index (χ0v) is 13.9. The van der Waals surface area contributed by atoms with Crippen LogP contribution in [-0.4, -0.2) is 36.1 Å². The first kappa shape index (κ1) is 16.8. The number of hydrogen-bond acceptors (Lipinski definition) is 4. The maximum Gasteiger partial charge on any atom is 0.134 e. The highest BCUT2D eigenvalue weighted by Gasteiger charge is 2.30. The second kappa shape index (κ2) is 7.12. The Bertz CT molecular complexity index is 469. The van der Waals surface area contributed by atoms with Gasteiger partial charge in [0.25, 0.3) is 0 Å². The SMILES string of the molecule is Cl.Cl.c1c(C2CCC2)nc(C2CC2)nc1N1CCNCC1. The molecule has 4 rings (SSSR count). The van der Waals surface area contributed by atoms with Crippen LogP contribution in [0, 0.1) is 0 Å². The van der Waals surface area contributed by atoms with E-state index in [2.05, 4.69) is 16.3 Å². The molecule has 6 heteroatoms. The summed E-state index contributed by atoms with van der Waals surface area (Å²) in [6.45, 7) is 4.29. The van der Waals surface area contributed by atoms with Crippen LogP contribution in [0.25, 0.3) is 0 Å². The van der Waals surface area contributed by atoms with Gasteiger partial charge in [0.1, 0.15) is 11.6 Å². The average Bonchev–Trinajstić information content (AvgIpc) is 3.22. The van der Waals surface area contributed by atoms with Gasteiger partial charge in [0.2, 0.25) is 0 Å². The third kappa shape index (κ3) is 3.61. The second-order valence-electron chi connectivity index (χ2n) is 6.15. The molecule has 0 spiro atoms. The van der Waals surface area contributed by atoms with Gasteiger partial charge >= 0.3 is 0 Å². The number of piperazine rings is 1. The monoisotopic (exact) mass is 330 g/mol. The van der Waals surface area contributed by atoms with Crippen LogP contribution in [0.2, 0.25) is 0 Å². The third-order valence-electron chi connectivity index (χ3n) is 4.66. The number of hydrogen-bond donors (Lipinski definition) is 1. The molecule has 0 unspecified atom stereocenters. The quantitative estimate of drug-likeness (QED) is 0.925. The number of nitrogens with one attached hydrogen (secondary N) is 1. The summed E-state index contributed by atoms with van der Waals surface area (Å²) in [7, 11) is 0. The van der Waals surface area contributed by atoms with Crippen LogP contribution in [0.4, 0.5) is 5.82 Å². The van der Waals surface area contributed by atoms with E-state index in [1.807, 2.05) is 0 Å². The molecule has 1 saturated heterocycles. The standard InChI is InChI=1S/C15H22N4.2ClH/c1-2-11(3-1)13-10-14(19-8-6-16-7-9-19)18-15(17-13)12-4-5-12;;/h10-12,16H,1-9H2;2*1H. The summed E-state index contributed by atoms with van der Waals surface area (Å²) in [6, 6.07) is 2.26. The molecule has 1 aromatic rings. The van der Waals surface area contributed by atoms with E-state index in [1.54, 1.807) is 0 Å². The Hall–Kier alpha value is -0.580. The molecule has 4 nitrogen and oxygen atoms in total. The van der Waals surface area contributed by atoms with Crippen molar-refractivity contribution in [2.45, 2.75) is 43.9 Å². The van der Waals surface area contributed by atoms with E-state index in [4.69, 9.17) is 9.97 Å². The molecule has 1 N–H and O–H groups in total. The number of aromatic nitrogens is 2. The fraction of sp³-hybridized carbons (Fsp3) is 0.733. The van der Waals surface area contributed by atoms with E-state index in [1.165, 1.54) is 43.6 Å². The van der Waals surface area contributed by atoms with E-state index in [0.717, 1.165) is 32.0 Å². The van der Waals surface area contributed by atoms with Gasteiger partial charge in [-0.15, -0.1) is 24.8 Å². The second-order valence-corrected chi connectivity index (χ2v) is 6.15. The largest absolute Gasteiger partial charge is 0.354 e. The Morgan fingerprint density at radius 2 is 1.67 bits per heavy atom. The van der Waals surface area contributed by atoms with Gasteiger partial charge in [-0.05, 0) is 25.7 Å². The molecule has 0 atom stereocenters. The first-order valence-electron chi connectivity index (χ1n) is 7.75. The van der Waals surface area contributed by atoms with Gasteiger partial charge in [0, 0.05) is 49.8 Å². The molecule has 1 aromatic heterocycles. The molecule has 1 aliphatic heterocycles. The molecule has 2 heterocycles. The molecule has 21 heavy (non-hydrogen) atoms. The lowest BCUT2D eigenvalue weighted by molar-refractivity contribution is 0.409. The molecule has 0 radical (unpaired) electrons. The number of anilines is 1. The average molecular weight is 331 g/mol. The lowest BCUT2D eigenvalue weighted by Gasteiger charge is -2.30. The predicted molar refractivity (Wildman–Crippen MR) is 90.2 cm³/mol. The summed E-state index contributed by atoms with van der Waals surface area (Å²) >= 11 is 0. The molecule has 0 aromatic carbocycles. The van der Waals surface area contributed by atoms with Crippen molar-refractivity contribution in [2.24, 2.45) is 0 Å². The molecule has 3 aliphatic rings. The van der Waals surface area contributed by atoms with E-state index in [9.17, 15) is 0 Å². The van der Waals surface area contributed by atoms with E-state index < -0.39 is 0 Å². The predicted octanol–water partition coefficient (Wildman–Crippen LogP) is 2.87. The Kier molecular flexibility index (Phi) is 5.69. The summed E-state index contributed by atoms with van der Waals surface area (Å²) in [5.74, 6) is 3.67. The van der Waals surface area contributed by atoms with Crippen LogP contribution < -0.4 is 10.2 Å². The molecular weight excluding hydrogens is 307 g/mol. The minimum Gasteiger partial charge on any atom is -0.354 e. The van der Waals surface area contributed by atoms with Crippen molar-refractivity contribution in [3.05, 3.63) is 17.6 Å². The first-order valence-corrected chi connectivity index (χ1v) is 7.75. The van der Waals surface area contributed by atoms with Gasteiger partial charge in [-0.2, -0.15) is 0 Å². The van der Waals surface area contributed by atoms with Crippen molar-refractivity contribution in [3.8, 4) is 0 Å². The fourth-order valence-electron chi connectivity index (χ4n) is 2.96. The van der Waals surface area contributed by atoms with Crippen molar-refractivity contribution < 1.29 is 0 Å². The summed E-state index contributed by atoms with van der Waals surface area (Å²) < 4.78 is 0. The van der Waals surface area contributed by atoms with Crippen LogP contribution in [0.15, 0.2) is 6.07 Å². The molecule has 2 saturated carbocycles. The van der Waals surface area contributed by atoms with Crippen LogP contribution in [0.5, 0.6) is 0 Å². The van der Waals surface area contributed by atoms with Crippen LogP contribution in [0.3, 0.4) is 0 Å². The van der Waals surface area contributed by atoms with Gasteiger partial charge in [0.15, 0.2) is 0 Å². The molecule has 0 bridgehead atoms. The molecule has 3 fully saturated rings. The fourth-order valence-corrected chi connectivity index (χ4v) is 2.96. The zero-order chi connectivity index (χ0) is 12.7. The highest BCUT2D eigenvalue weighted by Crippen LogP contribution is 2.41. The van der Waals surface area contributed by atoms with Crippen molar-refractivity contribution >= 4 is 30.6 Å². The molecule has 118 valence electrons. The van der Waals surface area contributed by atoms with Gasteiger partial charge in [0.05, 0.1) is 0 Å². The lowest BCUT2D eigenvalue weighted by atomic mass is 9.83. The van der Waals surface area contributed by atoms with Gasteiger partial charge < -0.3 is 10.2 Å². The summed E-state index contributed by atoms with van der Waals surface area (Å²) in [6.07, 6.45) is 6.59. The van der Waals surface area contributed by atoms with E-state index >= 15 is 0 Å². The Labute approximate surface area is 138 Å². The van der Waals surface area contributed by atoms with Crippen LogP contribution in [0.1, 0.15) is 55.5 Å². The number of nitrogens with zero attached hydrogens (tertiary/aromatic N) is 3. The van der Waals surface area contributed by atoms with Crippen molar-refractivity contribution in [3.63, 3.8) is 0 Å². The molecule has 0 amide bonds. The molecular formula is C15H24Cl2N4. The normalized spacial score (nSPS) is 22.0. The number of halogens is 2. The topological polar surface area (TPSA) is 41.1 Å². The van der Waals surface area contributed by atoms with Gasteiger partial charge in [-0.25, -0.2) is 9.97 Å². The van der Waals surface area contributed by atoms with E-state index in [0.29, 0.717) is 11.8 Å². The Balaban J connectivity index is 0.000000807. The van der Waals surface area contributed by atoms with Crippen LogP contribution in [-0.2, 0) is 0 Å². The highest BCUT2D eigenvalue weighted by molar-refractivity contribution is 5.85. The van der Waals surface area contributed by atoms with Crippen LogP contribution >= 0.6 is 24.8 Å². The Morgan fingerprint density at radius 3 is 2.24 bits per heavy atom. The maximum absolute atomic E-state index is 4.86. The van der Waals surface area contributed by atoms with Crippen molar-refractivity contribution in [2.75, 3.05) is 31.1 Å². The van der Waals surface area contributed by atoms with Gasteiger partial charge in [-0.3, -0.25) is 0 Å². The van der Waals surface area contributed by atoms with Crippen molar-refractivity contribution in [1.29, 1.82) is 0 Å². The minimum atomic E-state index is 0. The van der Waals surface area contributed by atoms with E-state index in [-0.39, 0.29) is 24.8 Å². The van der Waals surface area contributed by atoms with Crippen molar-refractivity contribution in [1.82, 2.24) is 15.3 Å². The third-order valence-corrected chi connectivity index (χ3v) is 4.66. The maximum atomic E-state index is 4.86. The number of rotatable bonds is 3. The van der Waals surface area contributed by atoms with Gasteiger partial charge in [-0.1, -0.05) is 6.42 Å². The summed E-state index contributed by atoms with van der Waals surface area (Å²) in [4.78, 5) is 12.1. The Morgan fingerprint density at radius 1 is 0.952 bits per heavy atom. The minimum absolute atomic E-state index is 0. The molecule has 2 aliphatic carbocycles. The highest BCUT2D eigenvalue weighted by atomic mass is 35.5. The smallest absolute Gasteiger partial charge is 0.134 e. The first-order chi connectivity index (χ1) is 9.40. The lowest BCUT2D eigenvalue weighted by Crippen LogP contribution is -2.44. The summed E-state index contributed by atoms with van der Waals surface area (Å²) in [5, 5.41) is 3.41. The zero-order valence-electron chi connectivity index (χ0n) is 12.3. The summed E-state index contributed by atoms with van der Waals surface area (Å²) in [5.41, 5.74) is 1.32.